The zero-order valence-electron chi connectivity index (χ0n) is 8.11. The molecule has 0 aliphatic rings. The fraction of sp³-hybridized carbons (Fsp3) is 0. The number of carboxylic acid groups (broad SMARTS) is 1. The highest BCUT2D eigenvalue weighted by atomic mass is 35.5. The lowest BCUT2D eigenvalue weighted by Gasteiger charge is -1.98. The quantitative estimate of drug-likeness (QED) is 0.745. The van der Waals surface area contributed by atoms with Gasteiger partial charge in [0.15, 0.2) is 0 Å². The number of halogens is 2. The van der Waals surface area contributed by atoms with Gasteiger partial charge in [-0.25, -0.2) is 4.79 Å². The molecule has 0 aliphatic heterocycles. The molecule has 2 nitrogen and oxygen atoms in total. The second kappa shape index (κ2) is 3.11. The third kappa shape index (κ3) is 1.64. The molecule has 0 amide bonds. The van der Waals surface area contributed by atoms with Crippen LogP contribution in [-0.2, 0) is 0 Å². The molecular weight excluding hydrogens is 187 g/mol. The Morgan fingerprint density at radius 2 is 2.18 bits per heavy atom. The molecule has 0 atom stereocenters. The number of benzene rings is 1. The Labute approximate surface area is 77.6 Å². The molecule has 0 heterocycles. The maximum Gasteiger partial charge on any atom is 0.337 e. The topological polar surface area (TPSA) is 37.3 Å². The molecule has 0 bridgehead atoms. The monoisotopic (exact) mass is 193 g/mol. The molecule has 1 N–H and O–H groups in total. The Bertz CT molecular complexity index is 391. The van der Waals surface area contributed by atoms with Crippen molar-refractivity contribution in [3.8, 4) is 0 Å². The smallest absolute Gasteiger partial charge is 0.337 e. The summed E-state index contributed by atoms with van der Waals surface area (Å²) in [6, 6.07) is -1.58. The summed E-state index contributed by atoms with van der Waals surface area (Å²) in [6.07, 6.45) is 0. The number of rotatable bonds is 1. The predicted molar refractivity (Wildman–Crippen MR) is 43.4 cm³/mol. The van der Waals surface area contributed by atoms with E-state index in [0.717, 1.165) is 0 Å². The number of carboxylic acids is 1. The summed E-state index contributed by atoms with van der Waals surface area (Å²) >= 11 is 11.1. The average Bonchev–Trinajstić information content (AvgIpc) is 2.11. The highest BCUT2D eigenvalue weighted by Gasteiger charge is 2.09. The molecule has 4 heteroatoms. The van der Waals surface area contributed by atoms with E-state index in [1.807, 2.05) is 0 Å². The van der Waals surface area contributed by atoms with Crippen molar-refractivity contribution in [1.82, 2.24) is 0 Å². The van der Waals surface area contributed by atoms with Crippen LogP contribution >= 0.6 is 23.2 Å². The molecular formula is C7H4Cl2O2. The molecule has 0 unspecified atom stereocenters. The Morgan fingerprint density at radius 1 is 1.55 bits per heavy atom. The third-order valence-corrected chi connectivity index (χ3v) is 1.74. The van der Waals surface area contributed by atoms with Crippen LogP contribution in [0, 0.1) is 0 Å². The van der Waals surface area contributed by atoms with Gasteiger partial charge in [0.1, 0.15) is 0 Å². The van der Waals surface area contributed by atoms with E-state index in [0.29, 0.717) is 0 Å². The minimum atomic E-state index is -1.43. The molecule has 0 radical (unpaired) electrons. The molecule has 11 heavy (non-hydrogen) atoms. The van der Waals surface area contributed by atoms with Crippen molar-refractivity contribution in [2.75, 3.05) is 0 Å². The van der Waals surface area contributed by atoms with E-state index in [1.54, 1.807) is 0 Å². The second-order valence-electron chi connectivity index (χ2n) is 1.68. The van der Waals surface area contributed by atoms with Crippen LogP contribution in [0.4, 0.5) is 0 Å². The first-order valence-electron chi connectivity index (χ1n) is 4.06. The summed E-state index contributed by atoms with van der Waals surface area (Å²) in [5.41, 5.74) is -0.544. The van der Waals surface area contributed by atoms with E-state index in [9.17, 15) is 4.79 Å². The van der Waals surface area contributed by atoms with Crippen LogP contribution < -0.4 is 0 Å². The molecule has 1 aromatic carbocycles. The van der Waals surface area contributed by atoms with Crippen LogP contribution in [0.25, 0.3) is 0 Å². The van der Waals surface area contributed by atoms with Gasteiger partial charge in [-0.2, -0.15) is 0 Å². The van der Waals surface area contributed by atoms with Gasteiger partial charge in [0.05, 0.1) is 19.7 Å². The summed E-state index contributed by atoms with van der Waals surface area (Å²) in [5.74, 6) is -1.43. The molecule has 0 fully saturated rings. The lowest BCUT2D eigenvalue weighted by Crippen LogP contribution is -1.96. The third-order valence-electron chi connectivity index (χ3n) is 0.986. The lowest BCUT2D eigenvalue weighted by molar-refractivity contribution is 0.0697. The van der Waals surface area contributed by atoms with Crippen LogP contribution in [0.15, 0.2) is 18.1 Å². The van der Waals surface area contributed by atoms with Crippen LogP contribution in [0.3, 0.4) is 0 Å². The summed E-state index contributed by atoms with van der Waals surface area (Å²) in [7, 11) is 0. The van der Waals surface area contributed by atoms with Gasteiger partial charge in [-0.1, -0.05) is 29.2 Å². The zero-order valence-corrected chi connectivity index (χ0v) is 6.62. The van der Waals surface area contributed by atoms with Crippen molar-refractivity contribution in [3.05, 3.63) is 33.7 Å². The second-order valence-corrected chi connectivity index (χ2v) is 2.44. The molecule has 0 aromatic heterocycles. The first kappa shape index (κ1) is 5.01. The SMILES string of the molecule is [2H]c1c([2H])c(Cl)c(Cl)c(C(=O)O)c1[2H]. The van der Waals surface area contributed by atoms with Crippen molar-refractivity contribution in [3.63, 3.8) is 0 Å². The van der Waals surface area contributed by atoms with Gasteiger partial charge in [-0.15, -0.1) is 0 Å². The Kier molecular flexibility index (Phi) is 1.42. The molecule has 0 saturated heterocycles. The number of aromatic carboxylic acids is 1. The van der Waals surface area contributed by atoms with E-state index in [2.05, 4.69) is 0 Å². The van der Waals surface area contributed by atoms with Crippen molar-refractivity contribution in [2.45, 2.75) is 0 Å². The molecule has 0 saturated carbocycles. The fourth-order valence-corrected chi connectivity index (χ4v) is 0.833. The van der Waals surface area contributed by atoms with Crippen molar-refractivity contribution < 1.29 is 14.0 Å². The Hall–Kier alpha value is -0.730. The normalized spacial score (nSPS) is 13.5. The lowest BCUT2D eigenvalue weighted by atomic mass is 10.2. The minimum absolute atomic E-state index is 0.315. The molecule has 0 aliphatic carbocycles. The summed E-state index contributed by atoms with van der Waals surface area (Å²) < 4.78 is 21.8. The molecule has 1 aromatic rings. The van der Waals surface area contributed by atoms with Gasteiger partial charge in [0.25, 0.3) is 0 Å². The van der Waals surface area contributed by atoms with Gasteiger partial charge in [0.2, 0.25) is 0 Å². The van der Waals surface area contributed by atoms with Gasteiger partial charge >= 0.3 is 5.97 Å². The van der Waals surface area contributed by atoms with E-state index < -0.39 is 29.7 Å². The fourth-order valence-electron chi connectivity index (χ4n) is 0.515. The molecule has 58 valence electrons. The Balaban J connectivity index is 3.68. The highest BCUT2D eigenvalue weighted by Crippen LogP contribution is 2.25. The van der Waals surface area contributed by atoms with Crippen LogP contribution in [0.5, 0.6) is 0 Å². The van der Waals surface area contributed by atoms with E-state index in [4.69, 9.17) is 32.4 Å². The maximum atomic E-state index is 10.7. The predicted octanol–water partition coefficient (Wildman–Crippen LogP) is 2.69. The van der Waals surface area contributed by atoms with E-state index in [1.165, 1.54) is 0 Å². The van der Waals surface area contributed by atoms with Crippen molar-refractivity contribution in [2.24, 2.45) is 0 Å². The van der Waals surface area contributed by atoms with Crippen LogP contribution in [-0.4, -0.2) is 11.1 Å². The highest BCUT2D eigenvalue weighted by molar-refractivity contribution is 6.43. The summed E-state index contributed by atoms with van der Waals surface area (Å²) in [5, 5.41) is 7.99. The summed E-state index contributed by atoms with van der Waals surface area (Å²) in [4.78, 5) is 10.7. The number of hydrogen-bond acceptors (Lipinski definition) is 1. The van der Waals surface area contributed by atoms with Crippen LogP contribution in [0.2, 0.25) is 10.0 Å². The molecule has 0 spiro atoms. The maximum absolute atomic E-state index is 10.7. The van der Waals surface area contributed by atoms with Gasteiger partial charge < -0.3 is 5.11 Å². The first-order chi connectivity index (χ1) is 6.37. The van der Waals surface area contributed by atoms with Gasteiger partial charge in [-0.05, 0) is 12.1 Å². The van der Waals surface area contributed by atoms with E-state index >= 15 is 0 Å². The molecule has 1 rings (SSSR count). The summed E-state index contributed by atoms with van der Waals surface area (Å²) in [6.45, 7) is 0. The number of carbonyl (C=O) groups is 1. The van der Waals surface area contributed by atoms with Crippen LogP contribution in [0.1, 0.15) is 14.5 Å². The van der Waals surface area contributed by atoms with Gasteiger partial charge in [0, 0.05) is 0 Å². The van der Waals surface area contributed by atoms with Crippen molar-refractivity contribution in [1.29, 1.82) is 0 Å². The largest absolute Gasteiger partial charge is 0.478 e. The first-order valence-corrected chi connectivity index (χ1v) is 3.31. The van der Waals surface area contributed by atoms with E-state index in [-0.39, 0.29) is 10.0 Å². The Morgan fingerprint density at radius 3 is 2.73 bits per heavy atom. The average molecular weight is 194 g/mol. The zero-order chi connectivity index (χ0) is 11.0. The van der Waals surface area contributed by atoms with Gasteiger partial charge in [-0.3, -0.25) is 0 Å². The van der Waals surface area contributed by atoms with Crippen molar-refractivity contribution >= 4 is 29.2 Å². The number of hydrogen-bond donors (Lipinski definition) is 1. The minimum Gasteiger partial charge on any atom is -0.478 e. The standard InChI is InChI=1S/C7H4Cl2O2/c8-5-3-1-2-4(6(5)9)7(10)11/h1-3H,(H,10,11)/i1D,2D,3D.